The molecule has 2 aliphatic heterocycles. The largest absolute Gasteiger partial charge is 0.376 e. The van der Waals surface area contributed by atoms with Crippen LogP contribution < -0.4 is 0 Å². The highest BCUT2D eigenvalue weighted by Gasteiger charge is 2.41. The Morgan fingerprint density at radius 1 is 1.11 bits per heavy atom. The van der Waals surface area contributed by atoms with Crippen LogP contribution in [0.5, 0.6) is 0 Å². The number of nitrogens with zero attached hydrogens (tertiary/aromatic N) is 2. The summed E-state index contributed by atoms with van der Waals surface area (Å²) >= 11 is 0. The van der Waals surface area contributed by atoms with Gasteiger partial charge in [0.1, 0.15) is 0 Å². The van der Waals surface area contributed by atoms with Crippen LogP contribution >= 0.6 is 0 Å². The number of rotatable bonds is 3. The van der Waals surface area contributed by atoms with Gasteiger partial charge in [0, 0.05) is 47.9 Å². The first-order valence-corrected chi connectivity index (χ1v) is 9.72. The standard InChI is InChI=1S/C23H24N2O2/c1-15-21(19-11-5-6-12-20(19)24(15)2)22-17-9-3-4-10-18(17)23(26)25(22)14-16-8-7-13-27-16/h3-6,9-12,16,22H,7-8,13-14H2,1-2H3/t16-,22-/m0/s1. The minimum atomic E-state index is -0.0519. The molecule has 4 heteroatoms. The molecule has 3 aromatic rings. The van der Waals surface area contributed by atoms with Crippen LogP contribution in [0.25, 0.3) is 10.9 Å². The van der Waals surface area contributed by atoms with Crippen LogP contribution in [0.2, 0.25) is 0 Å². The van der Waals surface area contributed by atoms with Crippen molar-refractivity contribution in [3.8, 4) is 0 Å². The highest BCUT2D eigenvalue weighted by atomic mass is 16.5. The molecule has 2 aliphatic rings. The van der Waals surface area contributed by atoms with Gasteiger partial charge in [-0.15, -0.1) is 0 Å². The molecule has 138 valence electrons. The van der Waals surface area contributed by atoms with E-state index in [0.29, 0.717) is 6.54 Å². The lowest BCUT2D eigenvalue weighted by molar-refractivity contribution is 0.0500. The smallest absolute Gasteiger partial charge is 0.255 e. The lowest BCUT2D eigenvalue weighted by Crippen LogP contribution is -2.36. The molecule has 0 saturated carbocycles. The zero-order chi connectivity index (χ0) is 18.5. The normalized spacial score (nSPS) is 22.0. The van der Waals surface area contributed by atoms with E-state index >= 15 is 0 Å². The summed E-state index contributed by atoms with van der Waals surface area (Å²) in [4.78, 5) is 15.3. The summed E-state index contributed by atoms with van der Waals surface area (Å²) in [7, 11) is 2.11. The average molecular weight is 360 g/mol. The Bertz CT molecular complexity index is 1030. The average Bonchev–Trinajstić information content (AvgIpc) is 3.36. The molecule has 0 aliphatic carbocycles. The Morgan fingerprint density at radius 2 is 1.89 bits per heavy atom. The third-order valence-corrected chi connectivity index (χ3v) is 6.20. The number of para-hydroxylation sites is 1. The van der Waals surface area contributed by atoms with Gasteiger partial charge in [0.25, 0.3) is 5.91 Å². The number of ether oxygens (including phenoxy) is 1. The predicted molar refractivity (Wildman–Crippen MR) is 106 cm³/mol. The number of benzene rings is 2. The Labute approximate surface area is 159 Å². The number of amides is 1. The number of fused-ring (bicyclic) bond motifs is 2. The molecule has 3 heterocycles. The number of aryl methyl sites for hydroxylation is 1. The zero-order valence-corrected chi connectivity index (χ0v) is 15.8. The number of hydrogen-bond acceptors (Lipinski definition) is 2. The molecular formula is C23H24N2O2. The van der Waals surface area contributed by atoms with Crippen molar-refractivity contribution >= 4 is 16.8 Å². The first-order chi connectivity index (χ1) is 13.2. The molecule has 5 rings (SSSR count). The third-order valence-electron chi connectivity index (χ3n) is 6.20. The lowest BCUT2D eigenvalue weighted by atomic mass is 9.95. The van der Waals surface area contributed by atoms with E-state index in [-0.39, 0.29) is 18.1 Å². The Kier molecular flexibility index (Phi) is 3.83. The molecule has 1 aromatic heterocycles. The molecule has 2 atom stereocenters. The maximum Gasteiger partial charge on any atom is 0.255 e. The SMILES string of the molecule is Cc1c([C@@H]2c3ccccc3C(=O)N2C[C@@H]2CCCO2)c2ccccc2n1C. The fourth-order valence-electron chi connectivity index (χ4n) is 4.77. The topological polar surface area (TPSA) is 34.5 Å². The van der Waals surface area contributed by atoms with Crippen molar-refractivity contribution in [2.24, 2.45) is 7.05 Å². The van der Waals surface area contributed by atoms with Gasteiger partial charge in [0.05, 0.1) is 12.1 Å². The molecule has 1 amide bonds. The van der Waals surface area contributed by atoms with E-state index in [9.17, 15) is 4.79 Å². The molecule has 0 spiro atoms. The van der Waals surface area contributed by atoms with Crippen LogP contribution in [0.4, 0.5) is 0 Å². The first-order valence-electron chi connectivity index (χ1n) is 9.72. The van der Waals surface area contributed by atoms with Crippen LogP contribution in [0.3, 0.4) is 0 Å². The van der Waals surface area contributed by atoms with Crippen LogP contribution in [0, 0.1) is 6.92 Å². The van der Waals surface area contributed by atoms with E-state index in [1.807, 2.05) is 23.1 Å². The Morgan fingerprint density at radius 3 is 2.70 bits per heavy atom. The van der Waals surface area contributed by atoms with Crippen LogP contribution in [-0.4, -0.2) is 34.6 Å². The first kappa shape index (κ1) is 16.6. The Balaban J connectivity index is 1.70. The number of carbonyl (C=O) groups is 1. The number of aromatic nitrogens is 1. The van der Waals surface area contributed by atoms with Gasteiger partial charge in [0.15, 0.2) is 0 Å². The van der Waals surface area contributed by atoms with Gasteiger partial charge in [-0.25, -0.2) is 0 Å². The van der Waals surface area contributed by atoms with Crippen molar-refractivity contribution in [2.45, 2.75) is 31.9 Å². The predicted octanol–water partition coefficient (Wildman–Crippen LogP) is 4.21. The van der Waals surface area contributed by atoms with Crippen molar-refractivity contribution in [1.82, 2.24) is 9.47 Å². The minimum absolute atomic E-state index is 0.0519. The van der Waals surface area contributed by atoms with Crippen molar-refractivity contribution in [3.05, 3.63) is 70.9 Å². The quantitative estimate of drug-likeness (QED) is 0.701. The second-order valence-corrected chi connectivity index (χ2v) is 7.66. The summed E-state index contributed by atoms with van der Waals surface area (Å²) in [6, 6.07) is 16.5. The summed E-state index contributed by atoms with van der Waals surface area (Å²) < 4.78 is 8.11. The van der Waals surface area contributed by atoms with Crippen LogP contribution in [0.1, 0.15) is 46.1 Å². The molecular weight excluding hydrogens is 336 g/mol. The molecule has 1 fully saturated rings. The van der Waals surface area contributed by atoms with E-state index < -0.39 is 0 Å². The fourth-order valence-corrected chi connectivity index (χ4v) is 4.77. The van der Waals surface area contributed by atoms with Gasteiger partial charge in [-0.05, 0) is 37.5 Å². The van der Waals surface area contributed by atoms with E-state index in [4.69, 9.17) is 4.74 Å². The van der Waals surface area contributed by atoms with Crippen LogP contribution in [0.15, 0.2) is 48.5 Å². The van der Waals surface area contributed by atoms with Crippen molar-refractivity contribution < 1.29 is 9.53 Å². The second kappa shape index (κ2) is 6.24. The summed E-state index contributed by atoms with van der Waals surface area (Å²) in [5.41, 5.74) is 5.60. The number of carbonyl (C=O) groups excluding carboxylic acids is 1. The monoisotopic (exact) mass is 360 g/mol. The van der Waals surface area contributed by atoms with E-state index in [1.54, 1.807) is 0 Å². The summed E-state index contributed by atoms with van der Waals surface area (Å²) in [6.45, 7) is 3.61. The van der Waals surface area contributed by atoms with Gasteiger partial charge >= 0.3 is 0 Å². The van der Waals surface area contributed by atoms with Crippen molar-refractivity contribution in [1.29, 1.82) is 0 Å². The van der Waals surface area contributed by atoms with Gasteiger partial charge in [-0.2, -0.15) is 0 Å². The zero-order valence-electron chi connectivity index (χ0n) is 15.8. The highest BCUT2D eigenvalue weighted by Crippen LogP contribution is 2.43. The molecule has 0 unspecified atom stereocenters. The highest BCUT2D eigenvalue weighted by molar-refractivity contribution is 6.01. The van der Waals surface area contributed by atoms with E-state index in [1.165, 1.54) is 22.2 Å². The second-order valence-electron chi connectivity index (χ2n) is 7.66. The van der Waals surface area contributed by atoms with E-state index in [0.717, 1.165) is 30.6 Å². The van der Waals surface area contributed by atoms with Gasteiger partial charge in [-0.1, -0.05) is 36.4 Å². The Hall–Kier alpha value is -2.59. The molecule has 0 N–H and O–H groups in total. The van der Waals surface area contributed by atoms with Crippen molar-refractivity contribution in [2.75, 3.05) is 13.2 Å². The maximum atomic E-state index is 13.3. The number of hydrogen-bond donors (Lipinski definition) is 0. The van der Waals surface area contributed by atoms with Gasteiger partial charge in [0.2, 0.25) is 0 Å². The maximum absolute atomic E-state index is 13.3. The van der Waals surface area contributed by atoms with Crippen LogP contribution in [-0.2, 0) is 11.8 Å². The summed E-state index contributed by atoms with van der Waals surface area (Å²) in [6.07, 6.45) is 2.25. The van der Waals surface area contributed by atoms with Gasteiger partial charge < -0.3 is 14.2 Å². The molecule has 0 radical (unpaired) electrons. The molecule has 0 bridgehead atoms. The molecule has 4 nitrogen and oxygen atoms in total. The summed E-state index contributed by atoms with van der Waals surface area (Å²) in [5.74, 6) is 0.124. The fraction of sp³-hybridized carbons (Fsp3) is 0.348. The molecule has 27 heavy (non-hydrogen) atoms. The summed E-state index contributed by atoms with van der Waals surface area (Å²) in [5, 5.41) is 1.23. The molecule has 1 saturated heterocycles. The molecule has 2 aromatic carbocycles. The third kappa shape index (κ3) is 2.43. The minimum Gasteiger partial charge on any atom is -0.376 e. The van der Waals surface area contributed by atoms with Gasteiger partial charge in [-0.3, -0.25) is 4.79 Å². The lowest BCUT2D eigenvalue weighted by Gasteiger charge is -2.28. The van der Waals surface area contributed by atoms with Crippen molar-refractivity contribution in [3.63, 3.8) is 0 Å². The van der Waals surface area contributed by atoms with E-state index in [2.05, 4.69) is 48.9 Å².